The van der Waals surface area contributed by atoms with Crippen molar-refractivity contribution in [1.29, 1.82) is 0 Å². The fourth-order valence-electron chi connectivity index (χ4n) is 3.29. The second-order valence-corrected chi connectivity index (χ2v) is 7.34. The van der Waals surface area contributed by atoms with Crippen molar-refractivity contribution in [2.24, 2.45) is 0 Å². The molecule has 0 bridgehead atoms. The van der Waals surface area contributed by atoms with Crippen molar-refractivity contribution in [3.8, 4) is 11.5 Å². The first-order valence-electron chi connectivity index (χ1n) is 10.5. The molecule has 0 radical (unpaired) electrons. The first-order valence-corrected chi connectivity index (χ1v) is 10.5. The third-order valence-electron chi connectivity index (χ3n) is 4.91. The molecule has 1 aliphatic heterocycles. The maximum Gasteiger partial charge on any atom is 0.238 e. The molecule has 2 aromatic carbocycles. The minimum Gasteiger partial charge on any atom is -0.494 e. The zero-order chi connectivity index (χ0) is 21.2. The fourth-order valence-corrected chi connectivity index (χ4v) is 3.29. The minimum absolute atomic E-state index is 0.122. The Labute approximate surface area is 177 Å². The van der Waals surface area contributed by atoms with Crippen LogP contribution < -0.4 is 14.8 Å². The summed E-state index contributed by atoms with van der Waals surface area (Å²) < 4.78 is 24.6. The van der Waals surface area contributed by atoms with Gasteiger partial charge in [-0.2, -0.15) is 0 Å². The van der Waals surface area contributed by atoms with Gasteiger partial charge in [0.05, 0.1) is 13.2 Å². The van der Waals surface area contributed by atoms with E-state index in [0.717, 1.165) is 57.3 Å². The Kier molecular flexibility index (Phi) is 8.47. The topological polar surface area (TPSA) is 54.0 Å². The monoisotopic (exact) mass is 415 g/mol. The maximum atomic E-state index is 13.2. The summed E-state index contributed by atoms with van der Waals surface area (Å²) in [5.74, 6) is 1.22. The predicted octanol–water partition coefficient (Wildman–Crippen LogP) is 3.25. The number of carbonyl (C=O) groups is 1. The van der Waals surface area contributed by atoms with Crippen LogP contribution in [0.1, 0.15) is 13.3 Å². The first kappa shape index (κ1) is 22.1. The van der Waals surface area contributed by atoms with Gasteiger partial charge in [0.2, 0.25) is 5.91 Å². The summed E-state index contributed by atoms with van der Waals surface area (Å²) in [4.78, 5) is 16.6. The number of anilines is 1. The van der Waals surface area contributed by atoms with Crippen molar-refractivity contribution >= 4 is 11.6 Å². The molecule has 0 saturated carbocycles. The van der Waals surface area contributed by atoms with Crippen LogP contribution in [0, 0.1) is 5.82 Å². The van der Waals surface area contributed by atoms with E-state index in [1.54, 1.807) is 12.1 Å². The highest BCUT2D eigenvalue weighted by atomic mass is 19.1. The van der Waals surface area contributed by atoms with Gasteiger partial charge in [0.1, 0.15) is 23.9 Å². The molecular formula is C23H30FN3O3. The Morgan fingerprint density at radius 2 is 1.60 bits per heavy atom. The molecular weight excluding hydrogens is 385 g/mol. The number of benzene rings is 2. The smallest absolute Gasteiger partial charge is 0.238 e. The standard InChI is InChI=1S/C23H30FN3O3/c1-2-15-29-21-6-8-22(9-7-21)30-16-14-26-10-12-27(13-11-26)18-23(28)25-20-5-3-4-19(24)17-20/h3-9,17H,2,10-16,18H2,1H3,(H,25,28). The quantitative estimate of drug-likeness (QED) is 0.646. The number of nitrogens with zero attached hydrogens (tertiary/aromatic N) is 2. The van der Waals surface area contributed by atoms with Gasteiger partial charge < -0.3 is 14.8 Å². The summed E-state index contributed by atoms with van der Waals surface area (Å²) in [6.45, 7) is 8.00. The van der Waals surface area contributed by atoms with Crippen molar-refractivity contribution in [1.82, 2.24) is 9.80 Å². The molecule has 1 N–H and O–H groups in total. The number of ether oxygens (including phenoxy) is 2. The van der Waals surface area contributed by atoms with E-state index in [1.807, 2.05) is 24.3 Å². The van der Waals surface area contributed by atoms with Crippen molar-refractivity contribution in [3.05, 3.63) is 54.3 Å². The SMILES string of the molecule is CCCOc1ccc(OCCN2CCN(CC(=O)Nc3cccc(F)c3)CC2)cc1. The lowest BCUT2D eigenvalue weighted by atomic mass is 10.3. The molecule has 0 unspecified atom stereocenters. The van der Waals surface area contributed by atoms with E-state index in [-0.39, 0.29) is 11.7 Å². The number of hydrogen-bond acceptors (Lipinski definition) is 5. The van der Waals surface area contributed by atoms with Crippen LogP contribution in [0.2, 0.25) is 0 Å². The van der Waals surface area contributed by atoms with E-state index in [9.17, 15) is 9.18 Å². The van der Waals surface area contributed by atoms with Gasteiger partial charge >= 0.3 is 0 Å². The maximum absolute atomic E-state index is 13.2. The lowest BCUT2D eigenvalue weighted by Crippen LogP contribution is -2.49. The Bertz CT molecular complexity index is 793. The van der Waals surface area contributed by atoms with Gasteiger partial charge in [-0.15, -0.1) is 0 Å². The first-order chi connectivity index (χ1) is 14.6. The van der Waals surface area contributed by atoms with Crippen LogP contribution in [-0.2, 0) is 4.79 Å². The van der Waals surface area contributed by atoms with Gasteiger partial charge in [0.15, 0.2) is 0 Å². The number of hydrogen-bond donors (Lipinski definition) is 1. The van der Waals surface area contributed by atoms with E-state index in [4.69, 9.17) is 9.47 Å². The number of rotatable bonds is 10. The van der Waals surface area contributed by atoms with E-state index >= 15 is 0 Å². The number of nitrogens with one attached hydrogen (secondary N) is 1. The summed E-state index contributed by atoms with van der Waals surface area (Å²) in [7, 11) is 0. The van der Waals surface area contributed by atoms with E-state index in [0.29, 0.717) is 18.8 Å². The van der Waals surface area contributed by atoms with Crippen molar-refractivity contribution < 1.29 is 18.7 Å². The Morgan fingerprint density at radius 1 is 0.967 bits per heavy atom. The second kappa shape index (κ2) is 11.5. The lowest BCUT2D eigenvalue weighted by molar-refractivity contribution is -0.117. The van der Waals surface area contributed by atoms with Crippen LogP contribution in [0.15, 0.2) is 48.5 Å². The van der Waals surface area contributed by atoms with E-state index in [2.05, 4.69) is 22.0 Å². The highest BCUT2D eigenvalue weighted by Gasteiger charge is 2.19. The molecule has 1 aliphatic rings. The molecule has 30 heavy (non-hydrogen) atoms. The van der Waals surface area contributed by atoms with Crippen LogP contribution in [0.3, 0.4) is 0 Å². The third kappa shape index (κ3) is 7.31. The van der Waals surface area contributed by atoms with E-state index < -0.39 is 0 Å². The molecule has 0 spiro atoms. The van der Waals surface area contributed by atoms with Gasteiger partial charge in [-0.25, -0.2) is 4.39 Å². The summed E-state index contributed by atoms with van der Waals surface area (Å²) in [5.41, 5.74) is 0.487. The minimum atomic E-state index is -0.357. The van der Waals surface area contributed by atoms with Crippen molar-refractivity contribution in [2.75, 3.05) is 57.8 Å². The third-order valence-corrected chi connectivity index (χ3v) is 4.91. The van der Waals surface area contributed by atoms with Crippen molar-refractivity contribution in [3.63, 3.8) is 0 Å². The normalized spacial score (nSPS) is 15.0. The molecule has 162 valence electrons. The molecule has 3 rings (SSSR count). The van der Waals surface area contributed by atoms with Crippen LogP contribution in [0.4, 0.5) is 10.1 Å². The summed E-state index contributed by atoms with van der Waals surface area (Å²) in [5, 5.41) is 2.75. The molecule has 1 saturated heterocycles. The van der Waals surface area contributed by atoms with Gasteiger partial charge in [-0.3, -0.25) is 14.6 Å². The molecule has 2 aromatic rings. The molecule has 1 heterocycles. The van der Waals surface area contributed by atoms with E-state index in [1.165, 1.54) is 12.1 Å². The molecule has 0 aromatic heterocycles. The number of piperazine rings is 1. The van der Waals surface area contributed by atoms with Crippen LogP contribution in [-0.4, -0.2) is 68.2 Å². The highest BCUT2D eigenvalue weighted by Crippen LogP contribution is 2.18. The highest BCUT2D eigenvalue weighted by molar-refractivity contribution is 5.92. The van der Waals surface area contributed by atoms with Gasteiger partial charge in [0, 0.05) is 38.4 Å². The largest absolute Gasteiger partial charge is 0.494 e. The summed E-state index contributed by atoms with van der Waals surface area (Å²) in [6.07, 6.45) is 0.989. The van der Waals surface area contributed by atoms with Gasteiger partial charge in [-0.1, -0.05) is 13.0 Å². The number of halogens is 1. The summed E-state index contributed by atoms with van der Waals surface area (Å²) >= 11 is 0. The zero-order valence-electron chi connectivity index (χ0n) is 17.5. The average molecular weight is 416 g/mol. The summed E-state index contributed by atoms with van der Waals surface area (Å²) in [6, 6.07) is 13.7. The molecule has 6 nitrogen and oxygen atoms in total. The molecule has 7 heteroatoms. The zero-order valence-corrected chi connectivity index (χ0v) is 17.5. The molecule has 1 fully saturated rings. The number of amides is 1. The average Bonchev–Trinajstić information content (AvgIpc) is 2.74. The van der Waals surface area contributed by atoms with Crippen LogP contribution in [0.5, 0.6) is 11.5 Å². The van der Waals surface area contributed by atoms with Crippen LogP contribution >= 0.6 is 0 Å². The molecule has 1 amide bonds. The predicted molar refractivity (Wildman–Crippen MR) is 116 cm³/mol. The van der Waals surface area contributed by atoms with Gasteiger partial charge in [-0.05, 0) is 48.9 Å². The Hall–Kier alpha value is -2.64. The van der Waals surface area contributed by atoms with Crippen molar-refractivity contribution in [2.45, 2.75) is 13.3 Å². The Morgan fingerprint density at radius 3 is 2.23 bits per heavy atom. The van der Waals surface area contributed by atoms with Gasteiger partial charge in [0.25, 0.3) is 0 Å². The fraction of sp³-hybridized carbons (Fsp3) is 0.435. The van der Waals surface area contributed by atoms with Crippen LogP contribution in [0.25, 0.3) is 0 Å². The lowest BCUT2D eigenvalue weighted by Gasteiger charge is -2.34. The Balaban J connectivity index is 1.31. The number of carbonyl (C=O) groups excluding carboxylic acids is 1. The molecule has 0 atom stereocenters. The molecule has 0 aliphatic carbocycles. The second-order valence-electron chi connectivity index (χ2n) is 7.34.